The monoisotopic (exact) mass is 414 g/mol. The van der Waals surface area contributed by atoms with Crippen LogP contribution in [0.2, 0.25) is 0 Å². The number of aryl methyl sites for hydroxylation is 1. The number of rotatable bonds is 4. The fourth-order valence-corrected chi connectivity index (χ4v) is 3.12. The Kier molecular flexibility index (Phi) is 4.84. The highest BCUT2D eigenvalue weighted by Crippen LogP contribution is 2.33. The number of halogens is 2. The van der Waals surface area contributed by atoms with Crippen LogP contribution in [0.3, 0.4) is 0 Å². The lowest BCUT2D eigenvalue weighted by atomic mass is 10.1. The van der Waals surface area contributed by atoms with Gasteiger partial charge in [0.05, 0.1) is 13.9 Å². The van der Waals surface area contributed by atoms with Gasteiger partial charge >= 0.3 is 0 Å². The zero-order valence-electron chi connectivity index (χ0n) is 11.1. The number of benzene rings is 2. The molecule has 2 rings (SSSR count). The maximum absolute atomic E-state index is 10.9. The average molecular weight is 416 g/mol. The second-order valence-electron chi connectivity index (χ2n) is 4.52. The molecule has 0 heterocycles. The Morgan fingerprint density at radius 2 is 1.86 bits per heavy atom. The Hall–Kier alpha value is -1.60. The number of nitro groups is 1. The topological polar surface area (TPSA) is 75.4 Å². The number of phenolic OH excluding ortho intramolecular Hbond substituents is 1. The summed E-state index contributed by atoms with van der Waals surface area (Å²) in [6.07, 6.45) is 0. The first-order valence-corrected chi connectivity index (χ1v) is 7.63. The van der Waals surface area contributed by atoms with Crippen molar-refractivity contribution in [3.05, 3.63) is 60.5 Å². The molecular formula is C14H12Br2N2O3. The van der Waals surface area contributed by atoms with Crippen molar-refractivity contribution in [3.8, 4) is 5.75 Å². The third kappa shape index (κ3) is 3.74. The van der Waals surface area contributed by atoms with Gasteiger partial charge in [-0.1, -0.05) is 6.07 Å². The van der Waals surface area contributed by atoms with Crippen molar-refractivity contribution in [2.75, 3.05) is 5.32 Å². The van der Waals surface area contributed by atoms with Crippen molar-refractivity contribution in [2.45, 2.75) is 13.5 Å². The molecule has 0 aliphatic heterocycles. The number of anilines is 1. The van der Waals surface area contributed by atoms with E-state index >= 15 is 0 Å². The lowest BCUT2D eigenvalue weighted by Gasteiger charge is -2.09. The zero-order valence-corrected chi connectivity index (χ0v) is 14.2. The molecule has 0 spiro atoms. The van der Waals surface area contributed by atoms with E-state index in [0.29, 0.717) is 26.7 Å². The highest BCUT2D eigenvalue weighted by atomic mass is 79.9. The van der Waals surface area contributed by atoms with Crippen molar-refractivity contribution >= 4 is 43.2 Å². The van der Waals surface area contributed by atoms with Crippen molar-refractivity contribution in [3.63, 3.8) is 0 Å². The molecule has 0 aromatic heterocycles. The summed E-state index contributed by atoms with van der Waals surface area (Å²) >= 11 is 6.53. The molecule has 0 atom stereocenters. The molecule has 0 amide bonds. The second kappa shape index (κ2) is 6.44. The van der Waals surface area contributed by atoms with E-state index in [0.717, 1.165) is 5.56 Å². The van der Waals surface area contributed by atoms with Crippen LogP contribution in [0, 0.1) is 17.0 Å². The molecule has 2 N–H and O–H groups in total. The molecule has 0 aliphatic carbocycles. The summed E-state index contributed by atoms with van der Waals surface area (Å²) in [6, 6.07) is 8.60. The summed E-state index contributed by atoms with van der Waals surface area (Å²) in [4.78, 5) is 10.5. The van der Waals surface area contributed by atoms with Crippen LogP contribution < -0.4 is 5.32 Å². The lowest BCUT2D eigenvalue weighted by molar-refractivity contribution is -0.385. The molecule has 0 radical (unpaired) electrons. The maximum Gasteiger partial charge on any atom is 0.274 e. The van der Waals surface area contributed by atoms with Crippen molar-refractivity contribution < 1.29 is 10.0 Å². The number of hydrogen-bond acceptors (Lipinski definition) is 4. The number of nitro benzene ring substituents is 1. The van der Waals surface area contributed by atoms with Crippen LogP contribution in [0.5, 0.6) is 5.75 Å². The molecule has 7 heteroatoms. The third-order valence-corrected chi connectivity index (χ3v) is 4.19. The molecule has 0 unspecified atom stereocenters. The van der Waals surface area contributed by atoms with Gasteiger partial charge in [0.1, 0.15) is 5.75 Å². The van der Waals surface area contributed by atoms with E-state index in [1.54, 1.807) is 31.2 Å². The molecule has 5 nitrogen and oxygen atoms in total. The molecule has 0 saturated carbocycles. The molecule has 0 fully saturated rings. The van der Waals surface area contributed by atoms with Gasteiger partial charge in [-0.25, -0.2) is 0 Å². The Balaban J connectivity index is 2.17. The van der Waals surface area contributed by atoms with Gasteiger partial charge in [-0.3, -0.25) is 10.1 Å². The molecule has 0 aliphatic rings. The third-order valence-electron chi connectivity index (χ3n) is 2.98. The van der Waals surface area contributed by atoms with E-state index in [1.165, 1.54) is 6.07 Å². The van der Waals surface area contributed by atoms with Crippen molar-refractivity contribution in [1.82, 2.24) is 0 Å². The van der Waals surface area contributed by atoms with E-state index in [1.807, 2.05) is 0 Å². The van der Waals surface area contributed by atoms with Crippen LogP contribution in [0.1, 0.15) is 11.1 Å². The Morgan fingerprint density at radius 3 is 2.43 bits per heavy atom. The largest absolute Gasteiger partial charge is 0.506 e. The lowest BCUT2D eigenvalue weighted by Crippen LogP contribution is -2.01. The van der Waals surface area contributed by atoms with Crippen molar-refractivity contribution in [1.29, 1.82) is 0 Å². The van der Waals surface area contributed by atoms with Crippen LogP contribution in [-0.2, 0) is 6.54 Å². The molecule has 2 aromatic carbocycles. The SMILES string of the molecule is Cc1ccc(NCc2cc(Br)c(O)c(Br)c2)cc1[N+](=O)[O-]. The number of nitrogens with zero attached hydrogens (tertiary/aromatic N) is 1. The summed E-state index contributed by atoms with van der Waals surface area (Å²) in [6.45, 7) is 2.19. The summed E-state index contributed by atoms with van der Waals surface area (Å²) < 4.78 is 1.17. The van der Waals surface area contributed by atoms with Crippen LogP contribution >= 0.6 is 31.9 Å². The smallest absolute Gasteiger partial charge is 0.274 e. The zero-order chi connectivity index (χ0) is 15.6. The molecular weight excluding hydrogens is 404 g/mol. The minimum atomic E-state index is -0.395. The van der Waals surface area contributed by atoms with Gasteiger partial charge in [0, 0.05) is 23.9 Å². The average Bonchev–Trinajstić information content (AvgIpc) is 2.43. The quantitative estimate of drug-likeness (QED) is 0.558. The van der Waals surface area contributed by atoms with E-state index in [9.17, 15) is 15.2 Å². The van der Waals surface area contributed by atoms with Crippen molar-refractivity contribution in [2.24, 2.45) is 0 Å². The second-order valence-corrected chi connectivity index (χ2v) is 6.23. The first-order valence-electron chi connectivity index (χ1n) is 6.04. The van der Waals surface area contributed by atoms with Gasteiger partial charge in [0.15, 0.2) is 0 Å². The standard InChI is InChI=1S/C14H12Br2N2O3/c1-8-2-3-10(6-13(8)18(20)21)17-7-9-4-11(15)14(19)12(16)5-9/h2-6,17,19H,7H2,1H3. The van der Waals surface area contributed by atoms with Crippen LogP contribution in [0.25, 0.3) is 0 Å². The number of phenols is 1. The molecule has 0 saturated heterocycles. The van der Waals surface area contributed by atoms with Crippen LogP contribution in [0.15, 0.2) is 39.3 Å². The Labute approximate surface area is 138 Å². The molecule has 21 heavy (non-hydrogen) atoms. The minimum Gasteiger partial charge on any atom is -0.506 e. The van der Waals surface area contributed by atoms with Crippen LogP contribution in [0.4, 0.5) is 11.4 Å². The Bertz CT molecular complexity index is 682. The molecule has 110 valence electrons. The highest BCUT2D eigenvalue weighted by molar-refractivity contribution is 9.11. The van der Waals surface area contributed by atoms with E-state index in [2.05, 4.69) is 37.2 Å². The summed E-state index contributed by atoms with van der Waals surface area (Å²) in [5, 5.41) is 23.7. The predicted octanol–water partition coefficient (Wildman–Crippen LogP) is 4.75. The van der Waals surface area contributed by atoms with E-state index in [-0.39, 0.29) is 11.4 Å². The van der Waals surface area contributed by atoms with Gasteiger partial charge in [-0.05, 0) is 62.5 Å². The van der Waals surface area contributed by atoms with E-state index in [4.69, 9.17) is 0 Å². The summed E-state index contributed by atoms with van der Waals surface area (Å²) in [5.41, 5.74) is 2.32. The Morgan fingerprint density at radius 1 is 1.24 bits per heavy atom. The minimum absolute atomic E-state index is 0.0908. The van der Waals surface area contributed by atoms with E-state index < -0.39 is 4.92 Å². The predicted molar refractivity (Wildman–Crippen MR) is 88.7 cm³/mol. The highest BCUT2D eigenvalue weighted by Gasteiger charge is 2.11. The molecule has 0 bridgehead atoms. The first kappa shape index (κ1) is 15.8. The van der Waals surface area contributed by atoms with Gasteiger partial charge in [0.2, 0.25) is 0 Å². The number of hydrogen-bond donors (Lipinski definition) is 2. The maximum atomic E-state index is 10.9. The first-order chi connectivity index (χ1) is 9.88. The fourth-order valence-electron chi connectivity index (χ4n) is 1.84. The normalized spacial score (nSPS) is 10.4. The number of aromatic hydroxyl groups is 1. The van der Waals surface area contributed by atoms with Gasteiger partial charge in [0.25, 0.3) is 5.69 Å². The van der Waals surface area contributed by atoms with Gasteiger partial charge in [-0.2, -0.15) is 0 Å². The molecule has 2 aromatic rings. The summed E-state index contributed by atoms with van der Waals surface area (Å²) in [7, 11) is 0. The fraction of sp³-hybridized carbons (Fsp3) is 0.143. The number of nitrogens with one attached hydrogen (secondary N) is 1. The van der Waals surface area contributed by atoms with Crippen LogP contribution in [-0.4, -0.2) is 10.0 Å². The van der Waals surface area contributed by atoms with Gasteiger partial charge in [-0.15, -0.1) is 0 Å². The van der Waals surface area contributed by atoms with Gasteiger partial charge < -0.3 is 10.4 Å². The summed E-state index contributed by atoms with van der Waals surface area (Å²) in [5.74, 6) is 0.143.